The Morgan fingerprint density at radius 2 is 1.65 bits per heavy atom. The Labute approximate surface area is 158 Å². The monoisotopic (exact) mass is 392 g/mol. The van der Waals surface area contributed by atoms with Gasteiger partial charge in [0.05, 0.1) is 15.5 Å². The first-order valence-electron chi connectivity index (χ1n) is 7.20. The van der Waals surface area contributed by atoms with Crippen LogP contribution in [0.2, 0.25) is 5.02 Å². The fraction of sp³-hybridized carbons (Fsp3) is 0.0625. The summed E-state index contributed by atoms with van der Waals surface area (Å²) in [6.45, 7) is 1.34. The summed E-state index contributed by atoms with van der Waals surface area (Å²) >= 11 is 10.9. The van der Waals surface area contributed by atoms with Gasteiger partial charge in [-0.2, -0.15) is 0 Å². The molecular weight excluding hydrogens is 380 g/mol. The lowest BCUT2D eigenvalue weighted by atomic mass is 10.2. The number of carbonyl (C=O) groups excluding carboxylic acids is 2. The molecule has 0 aliphatic heterocycles. The number of halogens is 1. The molecule has 0 saturated heterocycles. The lowest BCUT2D eigenvalue weighted by Gasteiger charge is -2.10. The zero-order valence-electron chi connectivity index (χ0n) is 13.4. The molecule has 3 N–H and O–H groups in total. The number of anilines is 2. The number of carbonyl (C=O) groups is 2. The third kappa shape index (κ3) is 5.23. The van der Waals surface area contributed by atoms with Crippen molar-refractivity contribution in [2.45, 2.75) is 6.92 Å². The van der Waals surface area contributed by atoms with Gasteiger partial charge in [0.15, 0.2) is 5.11 Å². The molecule has 0 bridgehead atoms. The Hall–Kier alpha value is -3.04. The van der Waals surface area contributed by atoms with Crippen LogP contribution in [-0.4, -0.2) is 21.9 Å². The van der Waals surface area contributed by atoms with Crippen molar-refractivity contribution < 1.29 is 14.5 Å². The van der Waals surface area contributed by atoms with Crippen LogP contribution in [0.1, 0.15) is 17.3 Å². The lowest BCUT2D eigenvalue weighted by molar-refractivity contribution is -0.384. The van der Waals surface area contributed by atoms with Crippen LogP contribution in [0.25, 0.3) is 0 Å². The Balaban J connectivity index is 2.04. The summed E-state index contributed by atoms with van der Waals surface area (Å²) in [5, 5.41) is 18.7. The molecule has 2 amide bonds. The average molecular weight is 393 g/mol. The number of benzene rings is 2. The molecule has 0 aromatic heterocycles. The molecule has 2 aromatic carbocycles. The minimum atomic E-state index is -0.593. The smallest absolute Gasteiger partial charge is 0.270 e. The Bertz CT molecular complexity index is 886. The van der Waals surface area contributed by atoms with E-state index in [1.165, 1.54) is 19.1 Å². The maximum absolute atomic E-state index is 12.3. The Morgan fingerprint density at radius 1 is 1.08 bits per heavy atom. The maximum atomic E-state index is 12.3. The van der Waals surface area contributed by atoms with E-state index in [1.807, 2.05) is 0 Å². The molecule has 26 heavy (non-hydrogen) atoms. The SMILES string of the molecule is CC(=O)NC(=S)Nc1ccc(NC(=O)c2ccc([N+](=O)[O-])cc2Cl)cc1. The van der Waals surface area contributed by atoms with Crippen LogP contribution in [0, 0.1) is 10.1 Å². The van der Waals surface area contributed by atoms with E-state index in [9.17, 15) is 19.7 Å². The third-order valence-electron chi connectivity index (χ3n) is 3.10. The van der Waals surface area contributed by atoms with Crippen LogP contribution >= 0.6 is 23.8 Å². The highest BCUT2D eigenvalue weighted by Crippen LogP contribution is 2.23. The van der Waals surface area contributed by atoms with Crippen molar-refractivity contribution in [2.24, 2.45) is 0 Å². The van der Waals surface area contributed by atoms with Gasteiger partial charge in [-0.25, -0.2) is 0 Å². The number of non-ortho nitro benzene ring substituents is 1. The molecule has 0 saturated carbocycles. The standard InChI is InChI=1S/C16H13ClN4O4S/c1-9(22)18-16(26)20-11-4-2-10(3-5-11)19-15(23)13-7-6-12(21(24)25)8-14(13)17/h2-8H,1H3,(H,19,23)(H2,18,20,22,26). The predicted octanol–water partition coefficient (Wildman–Crippen LogP) is 3.33. The summed E-state index contributed by atoms with van der Waals surface area (Å²) in [6, 6.07) is 10.2. The van der Waals surface area contributed by atoms with E-state index >= 15 is 0 Å². The Morgan fingerprint density at radius 3 is 2.15 bits per heavy atom. The van der Waals surface area contributed by atoms with E-state index in [2.05, 4.69) is 16.0 Å². The van der Waals surface area contributed by atoms with Crippen LogP contribution in [0.15, 0.2) is 42.5 Å². The number of rotatable bonds is 4. The van der Waals surface area contributed by atoms with Gasteiger partial charge in [-0.15, -0.1) is 0 Å². The van der Waals surface area contributed by atoms with Gasteiger partial charge in [0.1, 0.15) is 0 Å². The molecule has 0 spiro atoms. The summed E-state index contributed by atoms with van der Waals surface area (Å²) in [6.07, 6.45) is 0. The molecule has 0 unspecified atom stereocenters. The molecule has 0 atom stereocenters. The van der Waals surface area contributed by atoms with Gasteiger partial charge in [-0.1, -0.05) is 11.6 Å². The van der Waals surface area contributed by atoms with Gasteiger partial charge in [0.25, 0.3) is 11.6 Å². The summed E-state index contributed by atoms with van der Waals surface area (Å²) in [4.78, 5) is 33.3. The third-order valence-corrected chi connectivity index (χ3v) is 3.62. The number of nitrogens with zero attached hydrogens (tertiary/aromatic N) is 1. The van der Waals surface area contributed by atoms with Crippen LogP contribution in [0.5, 0.6) is 0 Å². The van der Waals surface area contributed by atoms with Gasteiger partial charge < -0.3 is 16.0 Å². The zero-order valence-corrected chi connectivity index (χ0v) is 15.0. The van der Waals surface area contributed by atoms with E-state index in [0.717, 1.165) is 6.07 Å². The number of hydrogen-bond donors (Lipinski definition) is 3. The van der Waals surface area contributed by atoms with Crippen LogP contribution in [0.4, 0.5) is 17.1 Å². The predicted molar refractivity (Wildman–Crippen MR) is 103 cm³/mol. The topological polar surface area (TPSA) is 113 Å². The molecule has 134 valence electrons. The van der Waals surface area contributed by atoms with E-state index in [-0.39, 0.29) is 27.3 Å². The van der Waals surface area contributed by atoms with Crippen LogP contribution in [-0.2, 0) is 4.79 Å². The van der Waals surface area contributed by atoms with E-state index in [0.29, 0.717) is 11.4 Å². The minimum Gasteiger partial charge on any atom is -0.332 e. The molecule has 2 rings (SSSR count). The Kier molecular flexibility index (Phi) is 6.21. The van der Waals surface area contributed by atoms with Crippen molar-refractivity contribution in [2.75, 3.05) is 10.6 Å². The number of nitro groups is 1. The lowest BCUT2D eigenvalue weighted by Crippen LogP contribution is -2.32. The first kappa shape index (κ1) is 19.3. The van der Waals surface area contributed by atoms with Crippen molar-refractivity contribution in [3.8, 4) is 0 Å². The quantitative estimate of drug-likeness (QED) is 0.418. The molecule has 2 aromatic rings. The normalized spacial score (nSPS) is 9.92. The van der Waals surface area contributed by atoms with Crippen molar-refractivity contribution in [1.82, 2.24) is 5.32 Å². The van der Waals surface area contributed by atoms with Crippen molar-refractivity contribution >= 4 is 57.8 Å². The second kappa shape index (κ2) is 8.37. The highest BCUT2D eigenvalue weighted by atomic mass is 35.5. The fourth-order valence-corrected chi connectivity index (χ4v) is 2.48. The van der Waals surface area contributed by atoms with Gasteiger partial charge in [-0.05, 0) is 42.5 Å². The number of amides is 2. The van der Waals surface area contributed by atoms with E-state index < -0.39 is 10.8 Å². The second-order valence-electron chi connectivity index (χ2n) is 5.09. The summed E-state index contributed by atoms with van der Waals surface area (Å²) < 4.78 is 0. The van der Waals surface area contributed by atoms with Crippen molar-refractivity contribution in [3.05, 3.63) is 63.2 Å². The van der Waals surface area contributed by atoms with Crippen molar-refractivity contribution in [3.63, 3.8) is 0 Å². The van der Waals surface area contributed by atoms with Crippen molar-refractivity contribution in [1.29, 1.82) is 0 Å². The summed E-state index contributed by atoms with van der Waals surface area (Å²) in [7, 11) is 0. The summed E-state index contributed by atoms with van der Waals surface area (Å²) in [5.41, 5.74) is 1.03. The van der Waals surface area contributed by atoms with E-state index in [4.69, 9.17) is 23.8 Å². The van der Waals surface area contributed by atoms with Gasteiger partial charge in [-0.3, -0.25) is 19.7 Å². The fourth-order valence-electron chi connectivity index (χ4n) is 1.96. The molecule has 8 nitrogen and oxygen atoms in total. The van der Waals surface area contributed by atoms with E-state index in [1.54, 1.807) is 24.3 Å². The minimum absolute atomic E-state index is 0.0179. The number of hydrogen-bond acceptors (Lipinski definition) is 5. The largest absolute Gasteiger partial charge is 0.332 e. The van der Waals surface area contributed by atoms with Crippen LogP contribution < -0.4 is 16.0 Å². The highest BCUT2D eigenvalue weighted by molar-refractivity contribution is 7.80. The number of nitrogens with one attached hydrogen (secondary N) is 3. The van der Waals surface area contributed by atoms with Gasteiger partial charge in [0.2, 0.25) is 5.91 Å². The second-order valence-corrected chi connectivity index (χ2v) is 5.90. The van der Waals surface area contributed by atoms with Gasteiger partial charge >= 0.3 is 0 Å². The molecule has 0 aliphatic rings. The highest BCUT2D eigenvalue weighted by Gasteiger charge is 2.15. The van der Waals surface area contributed by atoms with Crippen LogP contribution in [0.3, 0.4) is 0 Å². The molecule has 0 aliphatic carbocycles. The summed E-state index contributed by atoms with van der Waals surface area (Å²) in [5.74, 6) is -0.786. The maximum Gasteiger partial charge on any atom is 0.270 e. The average Bonchev–Trinajstić information content (AvgIpc) is 2.55. The van der Waals surface area contributed by atoms with Gasteiger partial charge in [0, 0.05) is 30.4 Å². The molecule has 0 heterocycles. The number of nitro benzene ring substituents is 1. The zero-order chi connectivity index (χ0) is 19.3. The molecule has 10 heteroatoms. The first-order chi connectivity index (χ1) is 12.3. The molecule has 0 fully saturated rings. The molecular formula is C16H13ClN4O4S. The number of thiocarbonyl (C=S) groups is 1. The molecule has 0 radical (unpaired) electrons. The first-order valence-corrected chi connectivity index (χ1v) is 7.99.